The Hall–Kier alpha value is -0.460. The highest BCUT2D eigenvalue weighted by atomic mass is 15.1. The standard InChI is InChI=1S/C14H27N/c1-4-5-6-7-8-11-15-12-9-14(2,3)10-13-15/h9,12H,4-8,10-11,13H2,1-3H3. The first-order chi connectivity index (χ1) is 7.14. The van der Waals surface area contributed by atoms with Crippen LogP contribution >= 0.6 is 0 Å². The number of nitrogens with zero attached hydrogens (tertiary/aromatic N) is 1. The molecule has 1 heterocycles. The third-order valence-corrected chi connectivity index (χ3v) is 3.33. The Morgan fingerprint density at radius 1 is 1.13 bits per heavy atom. The molecule has 0 aromatic heterocycles. The summed E-state index contributed by atoms with van der Waals surface area (Å²) in [6.45, 7) is 9.42. The van der Waals surface area contributed by atoms with E-state index in [1.54, 1.807) is 0 Å². The first kappa shape index (κ1) is 12.6. The van der Waals surface area contributed by atoms with E-state index in [-0.39, 0.29) is 0 Å². The predicted molar refractivity (Wildman–Crippen MR) is 67.9 cm³/mol. The van der Waals surface area contributed by atoms with Crippen LogP contribution in [0.4, 0.5) is 0 Å². The number of hydrogen-bond acceptors (Lipinski definition) is 1. The van der Waals surface area contributed by atoms with E-state index in [0.29, 0.717) is 5.41 Å². The van der Waals surface area contributed by atoms with Crippen LogP contribution in [0, 0.1) is 5.41 Å². The molecule has 0 spiro atoms. The summed E-state index contributed by atoms with van der Waals surface area (Å²) in [4.78, 5) is 2.48. The molecule has 0 fully saturated rings. The average Bonchev–Trinajstić information content (AvgIpc) is 2.20. The van der Waals surface area contributed by atoms with Crippen molar-refractivity contribution in [1.82, 2.24) is 4.90 Å². The molecule has 0 radical (unpaired) electrons. The Balaban J connectivity index is 2.08. The van der Waals surface area contributed by atoms with Gasteiger partial charge in [0, 0.05) is 13.1 Å². The normalized spacial score (nSPS) is 19.5. The van der Waals surface area contributed by atoms with Gasteiger partial charge in [-0.3, -0.25) is 0 Å². The maximum atomic E-state index is 2.48. The molecule has 1 heteroatoms. The van der Waals surface area contributed by atoms with Crippen molar-refractivity contribution in [2.24, 2.45) is 5.41 Å². The minimum atomic E-state index is 0.429. The van der Waals surface area contributed by atoms with Crippen molar-refractivity contribution < 1.29 is 0 Å². The van der Waals surface area contributed by atoms with Gasteiger partial charge in [0.2, 0.25) is 0 Å². The Kier molecular flexibility index (Phi) is 5.21. The maximum Gasteiger partial charge on any atom is 0.0180 e. The molecule has 0 aromatic rings. The second-order valence-corrected chi connectivity index (χ2v) is 5.50. The van der Waals surface area contributed by atoms with E-state index in [1.165, 1.54) is 51.6 Å². The number of allylic oxidation sites excluding steroid dienone is 1. The van der Waals surface area contributed by atoms with Gasteiger partial charge in [-0.05, 0) is 24.5 Å². The van der Waals surface area contributed by atoms with Crippen molar-refractivity contribution in [3.05, 3.63) is 12.3 Å². The summed E-state index contributed by atoms with van der Waals surface area (Å²) in [5, 5.41) is 0. The summed E-state index contributed by atoms with van der Waals surface area (Å²) in [5.41, 5.74) is 0.429. The molecule has 88 valence electrons. The third kappa shape index (κ3) is 5.25. The number of hydrogen-bond donors (Lipinski definition) is 0. The van der Waals surface area contributed by atoms with Crippen LogP contribution in [0.25, 0.3) is 0 Å². The Morgan fingerprint density at radius 3 is 2.47 bits per heavy atom. The molecule has 0 aromatic carbocycles. The van der Waals surface area contributed by atoms with Crippen LogP contribution in [-0.4, -0.2) is 18.0 Å². The number of unbranched alkanes of at least 4 members (excludes halogenated alkanes) is 4. The van der Waals surface area contributed by atoms with Crippen LogP contribution in [0.2, 0.25) is 0 Å². The first-order valence-corrected chi connectivity index (χ1v) is 6.57. The van der Waals surface area contributed by atoms with Crippen LogP contribution < -0.4 is 0 Å². The second kappa shape index (κ2) is 6.19. The highest BCUT2D eigenvalue weighted by Crippen LogP contribution is 2.26. The van der Waals surface area contributed by atoms with Crippen molar-refractivity contribution in [3.63, 3.8) is 0 Å². The van der Waals surface area contributed by atoms with E-state index in [9.17, 15) is 0 Å². The van der Waals surface area contributed by atoms with E-state index in [2.05, 4.69) is 37.9 Å². The molecule has 15 heavy (non-hydrogen) atoms. The van der Waals surface area contributed by atoms with Crippen LogP contribution in [0.3, 0.4) is 0 Å². The van der Waals surface area contributed by atoms with E-state index in [0.717, 1.165) is 0 Å². The quantitative estimate of drug-likeness (QED) is 0.593. The summed E-state index contributed by atoms with van der Waals surface area (Å²) in [5.74, 6) is 0. The number of rotatable bonds is 6. The van der Waals surface area contributed by atoms with E-state index >= 15 is 0 Å². The van der Waals surface area contributed by atoms with E-state index in [1.807, 2.05) is 0 Å². The molecule has 0 saturated heterocycles. The van der Waals surface area contributed by atoms with Gasteiger partial charge in [-0.1, -0.05) is 52.5 Å². The predicted octanol–water partition coefficient (Wildman–Crippen LogP) is 4.20. The third-order valence-electron chi connectivity index (χ3n) is 3.33. The molecule has 1 aliphatic rings. The molecule has 0 atom stereocenters. The van der Waals surface area contributed by atoms with Crippen molar-refractivity contribution in [2.75, 3.05) is 13.1 Å². The lowest BCUT2D eigenvalue weighted by Crippen LogP contribution is -2.29. The van der Waals surface area contributed by atoms with E-state index in [4.69, 9.17) is 0 Å². The van der Waals surface area contributed by atoms with Gasteiger partial charge in [-0.15, -0.1) is 0 Å². The van der Waals surface area contributed by atoms with Crippen LogP contribution in [-0.2, 0) is 0 Å². The monoisotopic (exact) mass is 209 g/mol. The Bertz CT molecular complexity index is 194. The van der Waals surface area contributed by atoms with Crippen LogP contribution in [0.15, 0.2) is 12.3 Å². The first-order valence-electron chi connectivity index (χ1n) is 6.57. The molecule has 1 rings (SSSR count). The van der Waals surface area contributed by atoms with Crippen molar-refractivity contribution in [1.29, 1.82) is 0 Å². The van der Waals surface area contributed by atoms with Crippen molar-refractivity contribution >= 4 is 0 Å². The minimum absolute atomic E-state index is 0.429. The van der Waals surface area contributed by atoms with Gasteiger partial charge in [0.1, 0.15) is 0 Å². The van der Waals surface area contributed by atoms with Crippen molar-refractivity contribution in [2.45, 2.75) is 59.3 Å². The highest BCUT2D eigenvalue weighted by Gasteiger charge is 2.18. The molecular weight excluding hydrogens is 182 g/mol. The topological polar surface area (TPSA) is 3.24 Å². The SMILES string of the molecule is CCCCCCCN1C=CC(C)(C)CC1. The van der Waals surface area contributed by atoms with Crippen LogP contribution in [0.1, 0.15) is 59.3 Å². The van der Waals surface area contributed by atoms with Crippen molar-refractivity contribution in [3.8, 4) is 0 Å². The molecule has 0 aliphatic carbocycles. The molecule has 0 bridgehead atoms. The zero-order chi connectivity index (χ0) is 11.1. The van der Waals surface area contributed by atoms with E-state index < -0.39 is 0 Å². The zero-order valence-electron chi connectivity index (χ0n) is 10.8. The van der Waals surface area contributed by atoms with Gasteiger partial charge < -0.3 is 4.90 Å². The lowest BCUT2D eigenvalue weighted by molar-refractivity contribution is 0.273. The average molecular weight is 209 g/mol. The fourth-order valence-electron chi connectivity index (χ4n) is 2.00. The lowest BCUT2D eigenvalue weighted by atomic mass is 9.87. The molecule has 0 saturated carbocycles. The zero-order valence-corrected chi connectivity index (χ0v) is 10.8. The summed E-state index contributed by atoms with van der Waals surface area (Å²) in [6, 6.07) is 0. The summed E-state index contributed by atoms with van der Waals surface area (Å²) >= 11 is 0. The van der Waals surface area contributed by atoms with Gasteiger partial charge in [-0.2, -0.15) is 0 Å². The highest BCUT2D eigenvalue weighted by molar-refractivity contribution is 4.99. The minimum Gasteiger partial charge on any atom is -0.378 e. The fourth-order valence-corrected chi connectivity index (χ4v) is 2.00. The van der Waals surface area contributed by atoms with Gasteiger partial charge in [0.25, 0.3) is 0 Å². The summed E-state index contributed by atoms with van der Waals surface area (Å²) < 4.78 is 0. The lowest BCUT2D eigenvalue weighted by Gasteiger charge is -2.32. The largest absolute Gasteiger partial charge is 0.378 e. The van der Waals surface area contributed by atoms with Gasteiger partial charge in [0.05, 0.1) is 0 Å². The summed E-state index contributed by atoms with van der Waals surface area (Å²) in [7, 11) is 0. The Labute approximate surface area is 95.5 Å². The van der Waals surface area contributed by atoms with Gasteiger partial charge in [-0.25, -0.2) is 0 Å². The van der Waals surface area contributed by atoms with Crippen LogP contribution in [0.5, 0.6) is 0 Å². The fraction of sp³-hybridized carbons (Fsp3) is 0.857. The smallest absolute Gasteiger partial charge is 0.0180 e. The molecule has 0 amide bonds. The molecule has 0 N–H and O–H groups in total. The van der Waals surface area contributed by atoms with Gasteiger partial charge >= 0.3 is 0 Å². The summed E-state index contributed by atoms with van der Waals surface area (Å²) in [6.07, 6.45) is 12.9. The Morgan fingerprint density at radius 2 is 1.87 bits per heavy atom. The maximum absolute atomic E-state index is 2.48. The van der Waals surface area contributed by atoms with Gasteiger partial charge in [0.15, 0.2) is 0 Å². The molecule has 0 unspecified atom stereocenters. The molecular formula is C14H27N. The molecule has 1 aliphatic heterocycles. The molecule has 1 nitrogen and oxygen atoms in total. The second-order valence-electron chi connectivity index (χ2n) is 5.50.